The monoisotopic (exact) mass is 204 g/mol. The molecule has 3 aromatic rings. The molecule has 76 valence electrons. The van der Waals surface area contributed by atoms with Gasteiger partial charge < -0.3 is 4.74 Å². The van der Waals surface area contributed by atoms with E-state index in [0.717, 1.165) is 5.39 Å². The number of nitrogens with zero attached hydrogens (tertiary/aromatic N) is 6. The van der Waals surface area contributed by atoms with Gasteiger partial charge in [-0.3, -0.25) is 4.68 Å². The van der Waals surface area contributed by atoms with Crippen molar-refractivity contribution in [2.45, 2.75) is 0 Å². The Kier molecular flexibility index (Phi) is 1.44. The summed E-state index contributed by atoms with van der Waals surface area (Å²) in [7, 11) is 3.39. The minimum atomic E-state index is 0.448. The molecule has 3 rings (SSSR count). The number of methoxy groups -OCH3 is 1. The van der Waals surface area contributed by atoms with E-state index in [2.05, 4.69) is 20.3 Å². The third kappa shape index (κ3) is 0.997. The highest BCUT2D eigenvalue weighted by atomic mass is 16.5. The summed E-state index contributed by atoms with van der Waals surface area (Å²) >= 11 is 0. The zero-order valence-electron chi connectivity index (χ0n) is 8.25. The van der Waals surface area contributed by atoms with E-state index >= 15 is 0 Å². The molecule has 15 heavy (non-hydrogen) atoms. The highest BCUT2D eigenvalue weighted by Gasteiger charge is 2.13. The van der Waals surface area contributed by atoms with Gasteiger partial charge in [-0.25, -0.2) is 4.98 Å². The van der Waals surface area contributed by atoms with E-state index in [1.54, 1.807) is 11.8 Å². The molecule has 0 aliphatic rings. The topological polar surface area (TPSA) is 70.1 Å². The minimum absolute atomic E-state index is 0.448. The smallest absolute Gasteiger partial charge is 0.262 e. The summed E-state index contributed by atoms with van der Waals surface area (Å²) in [5.41, 5.74) is 1.37. The average Bonchev–Trinajstić information content (AvgIpc) is 2.80. The molecule has 0 aliphatic heterocycles. The summed E-state index contributed by atoms with van der Waals surface area (Å²) in [5.74, 6) is 0.448. The maximum Gasteiger partial charge on any atom is 0.262 e. The van der Waals surface area contributed by atoms with E-state index in [-0.39, 0.29) is 0 Å². The van der Waals surface area contributed by atoms with Crippen LogP contribution in [-0.2, 0) is 7.05 Å². The molecule has 0 N–H and O–H groups in total. The fourth-order valence-corrected chi connectivity index (χ4v) is 1.57. The molecular weight excluding hydrogens is 196 g/mol. The standard InChI is InChI=1S/C8H8N6O/c1-13-3-5-6(11-13)8(15-2)12-14-7(5)9-4-10-14/h3-4H,1-2H3. The molecule has 0 saturated heterocycles. The van der Waals surface area contributed by atoms with Gasteiger partial charge >= 0.3 is 0 Å². The zero-order chi connectivity index (χ0) is 10.4. The van der Waals surface area contributed by atoms with Gasteiger partial charge in [-0.15, -0.1) is 14.8 Å². The second-order valence-corrected chi connectivity index (χ2v) is 3.15. The lowest BCUT2D eigenvalue weighted by atomic mass is 10.3. The Bertz CT molecular complexity index is 639. The Morgan fingerprint density at radius 3 is 3.00 bits per heavy atom. The van der Waals surface area contributed by atoms with Gasteiger partial charge in [-0.2, -0.15) is 5.10 Å². The predicted molar refractivity (Wildman–Crippen MR) is 51.6 cm³/mol. The first-order chi connectivity index (χ1) is 7.29. The first-order valence-corrected chi connectivity index (χ1v) is 4.37. The van der Waals surface area contributed by atoms with Gasteiger partial charge in [0.2, 0.25) is 0 Å². The molecule has 0 spiro atoms. The zero-order valence-corrected chi connectivity index (χ0v) is 8.25. The molecule has 0 amide bonds. The summed E-state index contributed by atoms with van der Waals surface area (Å²) in [5, 5.41) is 13.2. The summed E-state index contributed by atoms with van der Waals surface area (Å²) in [6.07, 6.45) is 3.32. The molecule has 3 aromatic heterocycles. The summed E-state index contributed by atoms with van der Waals surface area (Å²) in [6.45, 7) is 0. The van der Waals surface area contributed by atoms with Crippen LogP contribution in [0.2, 0.25) is 0 Å². The molecule has 0 unspecified atom stereocenters. The van der Waals surface area contributed by atoms with Crippen LogP contribution < -0.4 is 4.74 Å². The van der Waals surface area contributed by atoms with E-state index in [4.69, 9.17) is 4.74 Å². The molecule has 0 aliphatic carbocycles. The van der Waals surface area contributed by atoms with Crippen molar-refractivity contribution in [3.63, 3.8) is 0 Å². The van der Waals surface area contributed by atoms with Gasteiger partial charge in [0.25, 0.3) is 5.88 Å². The number of hydrogen-bond donors (Lipinski definition) is 0. The number of fused-ring (bicyclic) bond motifs is 3. The van der Waals surface area contributed by atoms with Crippen LogP contribution in [0.15, 0.2) is 12.5 Å². The van der Waals surface area contributed by atoms with E-state index < -0.39 is 0 Å². The number of aryl methyl sites for hydroxylation is 1. The van der Waals surface area contributed by atoms with Crippen molar-refractivity contribution in [2.75, 3.05) is 7.11 Å². The Morgan fingerprint density at radius 2 is 2.20 bits per heavy atom. The van der Waals surface area contributed by atoms with Crippen LogP contribution in [0.25, 0.3) is 16.6 Å². The van der Waals surface area contributed by atoms with Crippen LogP contribution in [0.5, 0.6) is 5.88 Å². The van der Waals surface area contributed by atoms with Gasteiger partial charge in [0.1, 0.15) is 6.33 Å². The summed E-state index contributed by atoms with van der Waals surface area (Å²) in [6, 6.07) is 0. The molecule has 7 heteroatoms. The summed E-state index contributed by atoms with van der Waals surface area (Å²) in [4.78, 5) is 4.12. The lowest BCUT2D eigenvalue weighted by molar-refractivity contribution is 0.392. The maximum atomic E-state index is 5.14. The molecule has 0 atom stereocenters. The van der Waals surface area contributed by atoms with E-state index in [9.17, 15) is 0 Å². The van der Waals surface area contributed by atoms with Crippen molar-refractivity contribution in [1.82, 2.24) is 29.6 Å². The highest BCUT2D eigenvalue weighted by Crippen LogP contribution is 2.23. The van der Waals surface area contributed by atoms with Crippen molar-refractivity contribution in [1.29, 1.82) is 0 Å². The van der Waals surface area contributed by atoms with E-state index in [0.29, 0.717) is 17.0 Å². The Morgan fingerprint density at radius 1 is 1.33 bits per heavy atom. The van der Waals surface area contributed by atoms with Crippen LogP contribution in [0.3, 0.4) is 0 Å². The average molecular weight is 204 g/mol. The van der Waals surface area contributed by atoms with Crippen LogP contribution >= 0.6 is 0 Å². The fraction of sp³-hybridized carbons (Fsp3) is 0.250. The lowest BCUT2D eigenvalue weighted by Crippen LogP contribution is -1.98. The second-order valence-electron chi connectivity index (χ2n) is 3.15. The molecular formula is C8H8N6O. The van der Waals surface area contributed by atoms with Crippen LogP contribution in [0.1, 0.15) is 0 Å². The molecule has 0 aromatic carbocycles. The molecule has 0 saturated carbocycles. The molecule has 3 heterocycles. The van der Waals surface area contributed by atoms with E-state index in [1.807, 2.05) is 13.2 Å². The SMILES string of the molecule is COc1nn2ncnc2c2cn(C)nc12. The third-order valence-corrected chi connectivity index (χ3v) is 2.18. The predicted octanol–water partition coefficient (Wildman–Crippen LogP) is 0.0196. The Hall–Kier alpha value is -2.18. The van der Waals surface area contributed by atoms with Gasteiger partial charge in [-0.05, 0) is 0 Å². The molecule has 0 radical (unpaired) electrons. The van der Waals surface area contributed by atoms with Crippen molar-refractivity contribution in [3.8, 4) is 5.88 Å². The quantitative estimate of drug-likeness (QED) is 0.558. The second kappa shape index (κ2) is 2.66. The first kappa shape index (κ1) is 8.16. The van der Waals surface area contributed by atoms with Crippen LogP contribution in [-0.4, -0.2) is 36.7 Å². The maximum absolute atomic E-state index is 5.14. The number of rotatable bonds is 1. The van der Waals surface area contributed by atoms with Gasteiger partial charge in [0.05, 0.1) is 12.5 Å². The van der Waals surface area contributed by atoms with Crippen molar-refractivity contribution < 1.29 is 4.74 Å². The van der Waals surface area contributed by atoms with Crippen molar-refractivity contribution >= 4 is 16.6 Å². The van der Waals surface area contributed by atoms with Crippen molar-refractivity contribution in [3.05, 3.63) is 12.5 Å². The number of ether oxygens (including phenoxy) is 1. The largest absolute Gasteiger partial charge is 0.478 e. The number of aromatic nitrogens is 6. The van der Waals surface area contributed by atoms with Crippen LogP contribution in [0, 0.1) is 0 Å². The Labute approximate surface area is 84.3 Å². The highest BCUT2D eigenvalue weighted by molar-refractivity contribution is 5.93. The lowest BCUT2D eigenvalue weighted by Gasteiger charge is -1.98. The number of hydrogen-bond acceptors (Lipinski definition) is 5. The normalized spacial score (nSPS) is 11.3. The molecule has 0 fully saturated rings. The fourth-order valence-electron chi connectivity index (χ4n) is 1.57. The molecule has 7 nitrogen and oxygen atoms in total. The Balaban J connectivity index is 2.57. The molecule has 0 bridgehead atoms. The van der Waals surface area contributed by atoms with E-state index in [1.165, 1.54) is 11.0 Å². The van der Waals surface area contributed by atoms with Crippen molar-refractivity contribution in [2.24, 2.45) is 7.05 Å². The van der Waals surface area contributed by atoms with Gasteiger partial charge in [0, 0.05) is 13.2 Å². The first-order valence-electron chi connectivity index (χ1n) is 4.37. The van der Waals surface area contributed by atoms with Gasteiger partial charge in [-0.1, -0.05) is 0 Å². The van der Waals surface area contributed by atoms with Crippen LogP contribution in [0.4, 0.5) is 0 Å². The third-order valence-electron chi connectivity index (χ3n) is 2.18. The van der Waals surface area contributed by atoms with Gasteiger partial charge in [0.15, 0.2) is 11.2 Å². The minimum Gasteiger partial charge on any atom is -0.478 e. The summed E-state index contributed by atoms with van der Waals surface area (Å²) < 4.78 is 8.27.